The molecule has 0 unspecified atom stereocenters. The van der Waals surface area contributed by atoms with E-state index in [1.807, 2.05) is 26.0 Å². The zero-order valence-electron chi connectivity index (χ0n) is 11.7. The van der Waals surface area contributed by atoms with Gasteiger partial charge in [-0.3, -0.25) is 0 Å². The monoisotopic (exact) mass is 231 g/mol. The van der Waals surface area contributed by atoms with Crippen molar-refractivity contribution in [1.82, 2.24) is 0 Å². The summed E-state index contributed by atoms with van der Waals surface area (Å²) in [6.07, 6.45) is 3.84. The minimum absolute atomic E-state index is 0.857. The molecule has 0 amide bonds. The van der Waals surface area contributed by atoms with Crippen LogP contribution in [0.1, 0.15) is 25.0 Å². The van der Waals surface area contributed by atoms with Gasteiger partial charge in [-0.05, 0) is 31.0 Å². The predicted octanol–water partition coefficient (Wildman–Crippen LogP) is 4.51. The second-order valence-corrected chi connectivity index (χ2v) is 3.77. The third kappa shape index (κ3) is 4.90. The quantitative estimate of drug-likeness (QED) is 0.674. The van der Waals surface area contributed by atoms with Crippen molar-refractivity contribution in [2.75, 3.05) is 18.0 Å². The van der Waals surface area contributed by atoms with Gasteiger partial charge in [0.25, 0.3) is 0 Å². The maximum atomic E-state index is 3.78. The number of aryl methyl sites for hydroxylation is 2. The second kappa shape index (κ2) is 8.63. The van der Waals surface area contributed by atoms with Crippen LogP contribution >= 0.6 is 0 Å². The molecule has 17 heavy (non-hydrogen) atoms. The highest BCUT2D eigenvalue weighted by atomic mass is 15.1. The summed E-state index contributed by atoms with van der Waals surface area (Å²) < 4.78 is 0. The maximum Gasteiger partial charge on any atom is 0.0404 e. The molecule has 0 radical (unpaired) electrons. The molecule has 94 valence electrons. The summed E-state index contributed by atoms with van der Waals surface area (Å²) in [6.45, 7) is 17.5. The average Bonchev–Trinajstić information content (AvgIpc) is 2.35. The molecule has 0 atom stereocenters. The first-order valence-electron chi connectivity index (χ1n) is 6.23. The fraction of sp³-hybridized carbons (Fsp3) is 0.375. The lowest BCUT2D eigenvalue weighted by Crippen LogP contribution is -2.23. The number of hydrogen-bond acceptors (Lipinski definition) is 1. The Morgan fingerprint density at radius 3 is 2.06 bits per heavy atom. The van der Waals surface area contributed by atoms with Crippen LogP contribution in [-0.4, -0.2) is 13.1 Å². The molecule has 0 heterocycles. The summed E-state index contributed by atoms with van der Waals surface area (Å²) >= 11 is 0. The third-order valence-corrected chi connectivity index (χ3v) is 2.40. The number of rotatable bonds is 5. The van der Waals surface area contributed by atoms with E-state index < -0.39 is 0 Å². The van der Waals surface area contributed by atoms with Crippen LogP contribution in [0.3, 0.4) is 0 Å². The van der Waals surface area contributed by atoms with Gasteiger partial charge in [0.05, 0.1) is 0 Å². The summed E-state index contributed by atoms with van der Waals surface area (Å²) in [4.78, 5) is 2.27. The molecule has 1 aromatic rings. The van der Waals surface area contributed by atoms with Crippen LogP contribution in [0.25, 0.3) is 0 Å². The molecule has 0 N–H and O–H groups in total. The average molecular weight is 231 g/mol. The molecule has 0 aliphatic rings. The van der Waals surface area contributed by atoms with E-state index in [0.29, 0.717) is 0 Å². The molecule has 0 saturated carbocycles. The minimum atomic E-state index is 0.857. The van der Waals surface area contributed by atoms with Crippen molar-refractivity contribution in [1.29, 1.82) is 0 Å². The summed E-state index contributed by atoms with van der Waals surface area (Å²) in [5.74, 6) is 0. The Morgan fingerprint density at radius 2 is 1.59 bits per heavy atom. The Labute approximate surface area is 106 Å². The van der Waals surface area contributed by atoms with E-state index in [4.69, 9.17) is 0 Å². The van der Waals surface area contributed by atoms with Gasteiger partial charge in [0.15, 0.2) is 0 Å². The number of anilines is 1. The molecule has 1 aromatic carbocycles. The van der Waals surface area contributed by atoms with Gasteiger partial charge in [0, 0.05) is 18.8 Å². The van der Waals surface area contributed by atoms with Gasteiger partial charge in [-0.1, -0.05) is 38.1 Å². The first-order valence-corrected chi connectivity index (χ1v) is 6.23. The topological polar surface area (TPSA) is 3.24 Å². The molecule has 0 aliphatic heterocycles. The first-order chi connectivity index (χ1) is 8.19. The van der Waals surface area contributed by atoms with E-state index in [1.54, 1.807) is 0 Å². The molecule has 0 aliphatic carbocycles. The van der Waals surface area contributed by atoms with Gasteiger partial charge in [-0.15, -0.1) is 13.2 Å². The molecule has 0 fully saturated rings. The van der Waals surface area contributed by atoms with Crippen LogP contribution in [-0.2, 0) is 0 Å². The summed E-state index contributed by atoms with van der Waals surface area (Å²) in [5.41, 5.74) is 3.85. The van der Waals surface area contributed by atoms with E-state index in [2.05, 4.69) is 50.1 Å². The fourth-order valence-corrected chi connectivity index (χ4v) is 1.64. The number of nitrogens with zero attached hydrogens (tertiary/aromatic N) is 1. The van der Waals surface area contributed by atoms with Crippen LogP contribution < -0.4 is 4.90 Å². The summed E-state index contributed by atoms with van der Waals surface area (Å²) in [7, 11) is 0. The smallest absolute Gasteiger partial charge is 0.0404 e. The van der Waals surface area contributed by atoms with Crippen LogP contribution in [0.2, 0.25) is 0 Å². The Balaban J connectivity index is 0.00000121. The lowest BCUT2D eigenvalue weighted by molar-refractivity contribution is 0.948. The Kier molecular flexibility index (Phi) is 7.87. The zero-order valence-corrected chi connectivity index (χ0v) is 11.7. The van der Waals surface area contributed by atoms with Crippen LogP contribution in [0.4, 0.5) is 5.69 Å². The SMILES string of the molecule is C=CCN(CC=C)c1cc(C)ccc1C.CC. The molecule has 0 saturated heterocycles. The Hall–Kier alpha value is -1.50. The van der Waals surface area contributed by atoms with Crippen molar-refractivity contribution in [3.05, 3.63) is 54.6 Å². The minimum Gasteiger partial charge on any atom is -0.364 e. The molecule has 1 rings (SSSR count). The summed E-state index contributed by atoms with van der Waals surface area (Å²) in [6, 6.07) is 6.50. The van der Waals surface area contributed by atoms with Gasteiger partial charge >= 0.3 is 0 Å². The largest absolute Gasteiger partial charge is 0.364 e. The van der Waals surface area contributed by atoms with Crippen molar-refractivity contribution in [2.24, 2.45) is 0 Å². The van der Waals surface area contributed by atoms with Crippen molar-refractivity contribution < 1.29 is 0 Å². The predicted molar refractivity (Wildman–Crippen MR) is 79.9 cm³/mol. The van der Waals surface area contributed by atoms with Crippen molar-refractivity contribution in [3.8, 4) is 0 Å². The normalized spacial score (nSPS) is 8.94. The number of hydrogen-bond donors (Lipinski definition) is 0. The number of benzene rings is 1. The van der Waals surface area contributed by atoms with Gasteiger partial charge in [0.2, 0.25) is 0 Å². The van der Waals surface area contributed by atoms with Crippen molar-refractivity contribution in [3.63, 3.8) is 0 Å². The lowest BCUT2D eigenvalue weighted by Gasteiger charge is -2.24. The van der Waals surface area contributed by atoms with Crippen LogP contribution in [0.5, 0.6) is 0 Å². The van der Waals surface area contributed by atoms with Gasteiger partial charge in [-0.2, -0.15) is 0 Å². The van der Waals surface area contributed by atoms with Gasteiger partial charge < -0.3 is 4.90 Å². The van der Waals surface area contributed by atoms with E-state index in [-0.39, 0.29) is 0 Å². The van der Waals surface area contributed by atoms with Crippen LogP contribution in [0.15, 0.2) is 43.5 Å². The highest BCUT2D eigenvalue weighted by Crippen LogP contribution is 2.21. The Morgan fingerprint density at radius 1 is 1.06 bits per heavy atom. The molecule has 0 bridgehead atoms. The summed E-state index contributed by atoms with van der Waals surface area (Å²) in [5, 5.41) is 0. The molecule has 0 spiro atoms. The lowest BCUT2D eigenvalue weighted by atomic mass is 10.1. The molecule has 0 aromatic heterocycles. The van der Waals surface area contributed by atoms with Crippen molar-refractivity contribution >= 4 is 5.69 Å². The first kappa shape index (κ1) is 15.5. The fourth-order valence-electron chi connectivity index (χ4n) is 1.64. The second-order valence-electron chi connectivity index (χ2n) is 3.77. The van der Waals surface area contributed by atoms with Gasteiger partial charge in [0.1, 0.15) is 0 Å². The van der Waals surface area contributed by atoms with Crippen LogP contribution in [0, 0.1) is 13.8 Å². The van der Waals surface area contributed by atoms with Crippen molar-refractivity contribution in [2.45, 2.75) is 27.7 Å². The zero-order chi connectivity index (χ0) is 13.3. The van der Waals surface area contributed by atoms with Gasteiger partial charge in [-0.25, -0.2) is 0 Å². The molecular formula is C16H25N. The molecule has 1 heteroatoms. The maximum absolute atomic E-state index is 3.78. The molecule has 1 nitrogen and oxygen atoms in total. The van der Waals surface area contributed by atoms with E-state index in [0.717, 1.165) is 13.1 Å². The van der Waals surface area contributed by atoms with E-state index >= 15 is 0 Å². The highest BCUT2D eigenvalue weighted by molar-refractivity contribution is 5.55. The third-order valence-electron chi connectivity index (χ3n) is 2.40. The standard InChI is InChI=1S/C14H19N.C2H6/c1-5-9-15(10-6-2)14-11-12(3)7-8-13(14)4;1-2/h5-8,11H,1-2,9-10H2,3-4H3;1-2H3. The van der Waals surface area contributed by atoms with E-state index in [9.17, 15) is 0 Å². The van der Waals surface area contributed by atoms with E-state index in [1.165, 1.54) is 16.8 Å². The molecular weight excluding hydrogens is 206 g/mol. The highest BCUT2D eigenvalue weighted by Gasteiger charge is 2.05. The Bertz CT molecular complexity index is 343.